The summed E-state index contributed by atoms with van der Waals surface area (Å²) >= 11 is 0. The summed E-state index contributed by atoms with van der Waals surface area (Å²) in [6.07, 6.45) is 1.99. The van der Waals surface area contributed by atoms with Crippen molar-refractivity contribution < 1.29 is 18.5 Å². The van der Waals surface area contributed by atoms with E-state index in [9.17, 15) is 14.7 Å². The highest BCUT2D eigenvalue weighted by Gasteiger charge is 2.18. The maximum absolute atomic E-state index is 11.1. The molecule has 0 radical (unpaired) electrons. The summed E-state index contributed by atoms with van der Waals surface area (Å²) in [7, 11) is -2.13. The second-order valence-corrected chi connectivity index (χ2v) is 4.28. The van der Waals surface area contributed by atoms with Crippen LogP contribution in [0.5, 0.6) is 0 Å². The molecule has 1 rings (SSSR count). The molecule has 6 nitrogen and oxygen atoms in total. The fraction of sp³-hybridized carbons (Fsp3) is 0.333. The Hall–Kier alpha value is -1.62. The average molecular weight is 286 g/mol. The van der Waals surface area contributed by atoms with Crippen LogP contribution in [0.25, 0.3) is 0 Å². The summed E-state index contributed by atoms with van der Waals surface area (Å²) in [5, 5.41) is 10.4. The second-order valence-electron chi connectivity index (χ2n) is 3.31. The zero-order valence-electron chi connectivity index (χ0n) is 9.65. The standard InChI is InChI=1S/C11H13NO5P.CH4/c1-2-8-16-18(15)17-9-7-10-3-5-11(6-4-10)12(13)14;/h2-6H,1,7-9H2;1H4/q+1;. The van der Waals surface area contributed by atoms with E-state index < -0.39 is 13.2 Å². The molecule has 1 aromatic carbocycles. The van der Waals surface area contributed by atoms with Crippen LogP contribution in [0.3, 0.4) is 0 Å². The summed E-state index contributed by atoms with van der Waals surface area (Å²) in [5.41, 5.74) is 0.910. The molecule has 0 amide bonds. The molecule has 0 saturated heterocycles. The van der Waals surface area contributed by atoms with Gasteiger partial charge in [-0.15, -0.1) is 15.6 Å². The Morgan fingerprint density at radius 1 is 1.32 bits per heavy atom. The largest absolute Gasteiger partial charge is 0.697 e. The molecule has 0 saturated carbocycles. The predicted octanol–water partition coefficient (Wildman–Crippen LogP) is 3.65. The number of rotatable bonds is 8. The van der Waals surface area contributed by atoms with Gasteiger partial charge in [0.15, 0.2) is 0 Å². The van der Waals surface area contributed by atoms with Gasteiger partial charge in [-0.2, -0.15) is 0 Å². The lowest BCUT2D eigenvalue weighted by molar-refractivity contribution is -0.384. The van der Waals surface area contributed by atoms with Crippen LogP contribution in [0.2, 0.25) is 0 Å². The lowest BCUT2D eigenvalue weighted by atomic mass is 10.1. The molecule has 104 valence electrons. The number of hydrogen-bond donors (Lipinski definition) is 0. The van der Waals surface area contributed by atoms with Crippen LogP contribution in [-0.4, -0.2) is 18.1 Å². The topological polar surface area (TPSA) is 78.7 Å². The highest BCUT2D eigenvalue weighted by molar-refractivity contribution is 7.33. The van der Waals surface area contributed by atoms with E-state index in [1.807, 2.05) is 0 Å². The third kappa shape index (κ3) is 6.76. The molecule has 0 aliphatic rings. The van der Waals surface area contributed by atoms with Gasteiger partial charge >= 0.3 is 8.25 Å². The van der Waals surface area contributed by atoms with Gasteiger partial charge in [-0.25, -0.2) is 0 Å². The monoisotopic (exact) mass is 286 g/mol. The molecule has 7 heteroatoms. The van der Waals surface area contributed by atoms with Crippen molar-refractivity contribution in [3.05, 3.63) is 52.6 Å². The molecule has 19 heavy (non-hydrogen) atoms. The quantitative estimate of drug-likeness (QED) is 0.315. The van der Waals surface area contributed by atoms with Crippen molar-refractivity contribution in [3.8, 4) is 0 Å². The Bertz CT molecular complexity index is 432. The SMILES string of the molecule is C.C=CCO[P+](=O)OCCc1ccc([N+](=O)[O-])cc1. The minimum absolute atomic E-state index is 0. The first-order valence-electron chi connectivity index (χ1n) is 5.21. The van der Waals surface area contributed by atoms with Crippen LogP contribution in [0.15, 0.2) is 36.9 Å². The summed E-state index contributed by atoms with van der Waals surface area (Å²) in [6, 6.07) is 6.12. The maximum atomic E-state index is 11.1. The van der Waals surface area contributed by atoms with Gasteiger partial charge in [-0.05, 0) is 5.56 Å². The van der Waals surface area contributed by atoms with Crippen molar-refractivity contribution >= 4 is 13.9 Å². The number of nitro groups is 1. The van der Waals surface area contributed by atoms with Crippen LogP contribution in [0, 0.1) is 10.1 Å². The van der Waals surface area contributed by atoms with Gasteiger partial charge in [-0.1, -0.05) is 25.6 Å². The van der Waals surface area contributed by atoms with Crippen molar-refractivity contribution in [2.24, 2.45) is 0 Å². The summed E-state index contributed by atoms with van der Waals surface area (Å²) in [4.78, 5) is 9.98. The van der Waals surface area contributed by atoms with Crippen LogP contribution in [-0.2, 0) is 20.0 Å². The first-order chi connectivity index (χ1) is 8.63. The van der Waals surface area contributed by atoms with E-state index in [-0.39, 0.29) is 26.3 Å². The van der Waals surface area contributed by atoms with Gasteiger partial charge in [0, 0.05) is 23.1 Å². The highest BCUT2D eigenvalue weighted by atomic mass is 31.1. The van der Waals surface area contributed by atoms with Crippen LogP contribution in [0.4, 0.5) is 5.69 Å². The molecule has 1 atom stereocenters. The van der Waals surface area contributed by atoms with Crippen LogP contribution in [0.1, 0.15) is 13.0 Å². The minimum Gasteiger partial charge on any atom is -0.258 e. The van der Waals surface area contributed by atoms with Crippen LogP contribution < -0.4 is 0 Å². The molecular formula is C12H17NO5P+. The lowest BCUT2D eigenvalue weighted by Gasteiger charge is -1.97. The first kappa shape index (κ1) is 17.4. The second kappa shape index (κ2) is 9.33. The van der Waals surface area contributed by atoms with Gasteiger partial charge in [-0.3, -0.25) is 10.1 Å². The number of non-ortho nitro benzene ring substituents is 1. The summed E-state index contributed by atoms with van der Waals surface area (Å²) in [5.74, 6) is 0. The molecule has 1 aromatic rings. The predicted molar refractivity (Wildman–Crippen MR) is 73.2 cm³/mol. The molecule has 0 aliphatic carbocycles. The fourth-order valence-corrected chi connectivity index (χ4v) is 1.72. The Labute approximate surface area is 113 Å². The van der Waals surface area contributed by atoms with Gasteiger partial charge < -0.3 is 0 Å². The van der Waals surface area contributed by atoms with E-state index in [1.165, 1.54) is 18.2 Å². The third-order valence-corrected chi connectivity index (χ3v) is 2.79. The maximum Gasteiger partial charge on any atom is 0.697 e. The van der Waals surface area contributed by atoms with E-state index in [4.69, 9.17) is 9.05 Å². The highest BCUT2D eigenvalue weighted by Crippen LogP contribution is 2.23. The molecule has 0 N–H and O–H groups in total. The van der Waals surface area contributed by atoms with Crippen molar-refractivity contribution in [2.45, 2.75) is 13.8 Å². The Kier molecular flexibility index (Phi) is 8.53. The molecule has 0 bridgehead atoms. The zero-order chi connectivity index (χ0) is 13.4. The molecule has 0 spiro atoms. The van der Waals surface area contributed by atoms with Crippen molar-refractivity contribution in [2.75, 3.05) is 13.2 Å². The molecular weight excluding hydrogens is 269 g/mol. The minimum atomic E-state index is -2.13. The van der Waals surface area contributed by atoms with E-state index in [0.29, 0.717) is 6.42 Å². The molecule has 0 fully saturated rings. The smallest absolute Gasteiger partial charge is 0.258 e. The summed E-state index contributed by atoms with van der Waals surface area (Å²) < 4.78 is 20.8. The number of nitrogens with zero attached hydrogens (tertiary/aromatic N) is 1. The van der Waals surface area contributed by atoms with E-state index in [0.717, 1.165) is 5.56 Å². The van der Waals surface area contributed by atoms with E-state index in [1.54, 1.807) is 12.1 Å². The Balaban J connectivity index is 0.00000324. The first-order valence-corrected chi connectivity index (χ1v) is 6.30. The van der Waals surface area contributed by atoms with Crippen molar-refractivity contribution in [1.82, 2.24) is 0 Å². The average Bonchev–Trinajstić information content (AvgIpc) is 2.37. The number of nitro benzene ring substituents is 1. The van der Waals surface area contributed by atoms with Gasteiger partial charge in [0.25, 0.3) is 5.69 Å². The van der Waals surface area contributed by atoms with Crippen LogP contribution >= 0.6 is 8.25 Å². The molecule has 0 aliphatic heterocycles. The Morgan fingerprint density at radius 2 is 1.95 bits per heavy atom. The summed E-state index contributed by atoms with van der Waals surface area (Å²) in [6.45, 7) is 3.82. The number of benzene rings is 1. The van der Waals surface area contributed by atoms with Gasteiger partial charge in [0.2, 0.25) is 0 Å². The van der Waals surface area contributed by atoms with Crippen molar-refractivity contribution in [3.63, 3.8) is 0 Å². The number of hydrogen-bond acceptors (Lipinski definition) is 5. The molecule has 0 aromatic heterocycles. The van der Waals surface area contributed by atoms with E-state index in [2.05, 4.69) is 6.58 Å². The third-order valence-electron chi connectivity index (χ3n) is 2.03. The fourth-order valence-electron chi connectivity index (χ4n) is 1.17. The zero-order valence-corrected chi connectivity index (χ0v) is 10.5. The normalized spacial score (nSPS) is 10.4. The van der Waals surface area contributed by atoms with Crippen molar-refractivity contribution in [1.29, 1.82) is 0 Å². The molecule has 1 unspecified atom stereocenters. The van der Waals surface area contributed by atoms with Gasteiger partial charge in [0.1, 0.15) is 13.2 Å². The van der Waals surface area contributed by atoms with E-state index >= 15 is 0 Å². The van der Waals surface area contributed by atoms with Gasteiger partial charge in [0.05, 0.1) is 4.92 Å². The lowest BCUT2D eigenvalue weighted by Crippen LogP contribution is -1.95. The Morgan fingerprint density at radius 3 is 2.47 bits per heavy atom. The molecule has 0 heterocycles.